The molecule has 1 aliphatic heterocycles. The van der Waals surface area contributed by atoms with E-state index in [4.69, 9.17) is 4.74 Å². The van der Waals surface area contributed by atoms with E-state index in [1.165, 1.54) is 6.07 Å². The predicted molar refractivity (Wildman–Crippen MR) is 63.2 cm³/mol. The molecule has 0 aliphatic carbocycles. The summed E-state index contributed by atoms with van der Waals surface area (Å²) < 4.78 is 31.2. The largest absolute Gasteiger partial charge is 0.372 e. The van der Waals surface area contributed by atoms with E-state index in [2.05, 4.69) is 27.6 Å². The predicted octanol–water partition coefficient (Wildman–Crippen LogP) is 2.19. The number of ether oxygens (including phenoxy) is 1. The summed E-state index contributed by atoms with van der Waals surface area (Å²) in [5.74, 6) is 0. The molecule has 0 radical (unpaired) electrons. The molecular weight excluding hydrogens is 331 g/mol. The van der Waals surface area contributed by atoms with Crippen LogP contribution < -0.4 is 5.56 Å². The number of hydrogen-bond acceptors (Lipinski definition) is 2. The van der Waals surface area contributed by atoms with Gasteiger partial charge >= 0.3 is 0 Å². The normalized spacial score (nSPS) is 19.9. The molecule has 1 atom stereocenters. The molecule has 0 saturated carbocycles. The quantitative estimate of drug-likeness (QED) is 0.662. The van der Waals surface area contributed by atoms with E-state index in [9.17, 15) is 13.6 Å². The number of nitrogens with one attached hydrogen (secondary N) is 1. The van der Waals surface area contributed by atoms with E-state index in [0.717, 1.165) is 10.1 Å². The minimum absolute atomic E-state index is 0.0566. The van der Waals surface area contributed by atoms with E-state index < -0.39 is 17.5 Å². The molecule has 16 heavy (non-hydrogen) atoms. The van der Waals surface area contributed by atoms with Gasteiger partial charge in [0.15, 0.2) is 0 Å². The zero-order valence-electron chi connectivity index (χ0n) is 8.30. The number of alkyl halides is 3. The number of aromatic nitrogens is 1. The van der Waals surface area contributed by atoms with Gasteiger partial charge in [-0.05, 0) is 11.6 Å². The van der Waals surface area contributed by atoms with Crippen molar-refractivity contribution >= 4 is 22.6 Å². The zero-order chi connectivity index (χ0) is 11.7. The number of fused-ring (bicyclic) bond motifs is 1. The van der Waals surface area contributed by atoms with Crippen LogP contribution in [0.4, 0.5) is 8.78 Å². The van der Waals surface area contributed by atoms with Crippen molar-refractivity contribution in [1.82, 2.24) is 4.98 Å². The molecule has 0 spiro atoms. The first-order valence-corrected chi connectivity index (χ1v) is 6.35. The number of rotatable bonds is 2. The first-order chi connectivity index (χ1) is 7.61. The SMILES string of the molecule is O=c1[nH]c2c(cc1C(F)F)COC(CI)C2. The van der Waals surface area contributed by atoms with E-state index in [0.29, 0.717) is 18.6 Å². The summed E-state index contributed by atoms with van der Waals surface area (Å²) in [6.45, 7) is 0.291. The smallest absolute Gasteiger partial charge is 0.269 e. The van der Waals surface area contributed by atoms with Crippen molar-refractivity contribution in [3.05, 3.63) is 33.2 Å². The fourth-order valence-corrected chi connectivity index (χ4v) is 2.26. The van der Waals surface area contributed by atoms with Crippen LogP contribution in [-0.2, 0) is 17.8 Å². The van der Waals surface area contributed by atoms with Gasteiger partial charge in [0.1, 0.15) is 0 Å². The van der Waals surface area contributed by atoms with Crippen LogP contribution >= 0.6 is 22.6 Å². The zero-order valence-corrected chi connectivity index (χ0v) is 10.5. The molecule has 1 aromatic heterocycles. The number of pyridine rings is 1. The fraction of sp³-hybridized carbons (Fsp3) is 0.500. The van der Waals surface area contributed by atoms with Gasteiger partial charge < -0.3 is 9.72 Å². The van der Waals surface area contributed by atoms with Gasteiger partial charge in [0.2, 0.25) is 0 Å². The van der Waals surface area contributed by atoms with Gasteiger partial charge in [-0.25, -0.2) is 8.78 Å². The summed E-state index contributed by atoms with van der Waals surface area (Å²) in [6.07, 6.45) is -2.10. The first-order valence-electron chi connectivity index (χ1n) is 4.82. The maximum absolute atomic E-state index is 12.5. The molecule has 2 rings (SSSR count). The number of H-pyrrole nitrogens is 1. The summed E-state index contributed by atoms with van der Waals surface area (Å²) >= 11 is 2.19. The van der Waals surface area contributed by atoms with Crippen molar-refractivity contribution in [2.75, 3.05) is 4.43 Å². The third-order valence-electron chi connectivity index (χ3n) is 2.56. The minimum Gasteiger partial charge on any atom is -0.372 e. The van der Waals surface area contributed by atoms with Gasteiger partial charge in [0.25, 0.3) is 12.0 Å². The average molecular weight is 341 g/mol. The second kappa shape index (κ2) is 4.79. The molecule has 1 aliphatic rings. The van der Waals surface area contributed by atoms with E-state index >= 15 is 0 Å². The standard InChI is InChI=1S/C10H10F2INO2/c11-9(12)7-1-5-4-16-6(3-13)2-8(5)14-10(7)15/h1,6,9H,2-4H2,(H,14,15). The van der Waals surface area contributed by atoms with Crippen LogP contribution in [0.2, 0.25) is 0 Å². The fourth-order valence-electron chi connectivity index (χ4n) is 1.70. The van der Waals surface area contributed by atoms with Crippen LogP contribution in [0.15, 0.2) is 10.9 Å². The highest BCUT2D eigenvalue weighted by Crippen LogP contribution is 2.22. The molecule has 1 aromatic rings. The Labute approximate surface area is 104 Å². The number of aromatic amines is 1. The van der Waals surface area contributed by atoms with E-state index in [1.54, 1.807) is 0 Å². The van der Waals surface area contributed by atoms with Crippen LogP contribution in [0.5, 0.6) is 0 Å². The molecule has 0 fully saturated rings. The van der Waals surface area contributed by atoms with Gasteiger partial charge in [0.05, 0.1) is 18.3 Å². The summed E-state index contributed by atoms with van der Waals surface area (Å²) in [7, 11) is 0. The second-order valence-electron chi connectivity index (χ2n) is 3.65. The number of hydrogen-bond donors (Lipinski definition) is 1. The summed E-state index contributed by atoms with van der Waals surface area (Å²) in [4.78, 5) is 13.9. The lowest BCUT2D eigenvalue weighted by Gasteiger charge is -2.23. The Balaban J connectivity index is 2.38. The minimum atomic E-state index is -2.74. The maximum atomic E-state index is 12.5. The van der Waals surface area contributed by atoms with Gasteiger partial charge in [-0.3, -0.25) is 4.79 Å². The molecule has 0 aromatic carbocycles. The Kier molecular flexibility index (Phi) is 3.58. The summed E-state index contributed by atoms with van der Waals surface area (Å²) in [5, 5.41) is 0. The van der Waals surface area contributed by atoms with Gasteiger partial charge in [-0.15, -0.1) is 0 Å². The monoisotopic (exact) mass is 341 g/mol. The molecule has 6 heteroatoms. The highest BCUT2D eigenvalue weighted by molar-refractivity contribution is 14.1. The summed E-state index contributed by atoms with van der Waals surface area (Å²) in [5.41, 5.74) is 0.219. The van der Waals surface area contributed by atoms with Crippen molar-refractivity contribution in [1.29, 1.82) is 0 Å². The van der Waals surface area contributed by atoms with Crippen molar-refractivity contribution in [3.8, 4) is 0 Å². The lowest BCUT2D eigenvalue weighted by atomic mass is 10.0. The molecule has 0 amide bonds. The molecule has 3 nitrogen and oxygen atoms in total. The van der Waals surface area contributed by atoms with Gasteiger partial charge in [-0.2, -0.15) is 0 Å². The van der Waals surface area contributed by atoms with Crippen molar-refractivity contribution in [2.24, 2.45) is 0 Å². The van der Waals surface area contributed by atoms with Crippen LogP contribution in [0.3, 0.4) is 0 Å². The van der Waals surface area contributed by atoms with Crippen molar-refractivity contribution in [3.63, 3.8) is 0 Å². The maximum Gasteiger partial charge on any atom is 0.269 e. The van der Waals surface area contributed by atoms with E-state index in [-0.39, 0.29) is 6.10 Å². The molecule has 0 bridgehead atoms. The Morgan fingerprint density at radius 3 is 3.00 bits per heavy atom. The van der Waals surface area contributed by atoms with Crippen LogP contribution in [0.25, 0.3) is 0 Å². The average Bonchev–Trinajstić information content (AvgIpc) is 2.27. The molecule has 2 heterocycles. The number of halogens is 3. The molecule has 0 saturated heterocycles. The lowest BCUT2D eigenvalue weighted by Crippen LogP contribution is -2.28. The molecular formula is C10H10F2INO2. The second-order valence-corrected chi connectivity index (χ2v) is 4.53. The lowest BCUT2D eigenvalue weighted by molar-refractivity contribution is 0.0440. The highest BCUT2D eigenvalue weighted by atomic mass is 127. The Morgan fingerprint density at radius 1 is 1.62 bits per heavy atom. The van der Waals surface area contributed by atoms with Crippen molar-refractivity contribution in [2.45, 2.75) is 25.6 Å². The molecule has 1 N–H and O–H groups in total. The molecule has 1 unspecified atom stereocenters. The Hall–Kier alpha value is -0.500. The third-order valence-corrected chi connectivity index (χ3v) is 3.54. The van der Waals surface area contributed by atoms with Gasteiger partial charge in [-0.1, -0.05) is 22.6 Å². The highest BCUT2D eigenvalue weighted by Gasteiger charge is 2.22. The van der Waals surface area contributed by atoms with Crippen molar-refractivity contribution < 1.29 is 13.5 Å². The van der Waals surface area contributed by atoms with Crippen LogP contribution in [-0.4, -0.2) is 15.5 Å². The first kappa shape index (κ1) is 12.0. The Bertz CT molecular complexity index is 447. The van der Waals surface area contributed by atoms with Gasteiger partial charge in [0, 0.05) is 16.5 Å². The third kappa shape index (κ3) is 2.27. The summed E-state index contributed by atoms with van der Waals surface area (Å²) in [6, 6.07) is 1.25. The Morgan fingerprint density at radius 2 is 2.38 bits per heavy atom. The molecule has 88 valence electrons. The van der Waals surface area contributed by atoms with Crippen LogP contribution in [0, 0.1) is 0 Å². The topological polar surface area (TPSA) is 42.1 Å². The van der Waals surface area contributed by atoms with Crippen LogP contribution in [0.1, 0.15) is 23.2 Å². The van der Waals surface area contributed by atoms with E-state index in [1.807, 2.05) is 0 Å².